The Kier molecular flexibility index (Phi) is 3.17. The SMILES string of the molecule is CC(C)c1c[nH]n2c(=O)cc(C3CCCCC3)nc12. The summed E-state index contributed by atoms with van der Waals surface area (Å²) in [6.45, 7) is 4.26. The van der Waals surface area contributed by atoms with Gasteiger partial charge in [0, 0.05) is 23.7 Å². The fourth-order valence-corrected chi connectivity index (χ4v) is 3.05. The van der Waals surface area contributed by atoms with Crippen LogP contribution in [0, 0.1) is 0 Å². The van der Waals surface area contributed by atoms with E-state index in [9.17, 15) is 4.79 Å². The molecule has 0 bridgehead atoms. The van der Waals surface area contributed by atoms with Gasteiger partial charge in [0.1, 0.15) is 0 Å². The first-order valence-electron chi connectivity index (χ1n) is 7.28. The summed E-state index contributed by atoms with van der Waals surface area (Å²) in [5.74, 6) is 0.844. The zero-order valence-corrected chi connectivity index (χ0v) is 11.6. The number of nitrogens with one attached hydrogen (secondary N) is 1. The largest absolute Gasteiger partial charge is 0.297 e. The highest BCUT2D eigenvalue weighted by Crippen LogP contribution is 2.31. The first-order chi connectivity index (χ1) is 9.16. The number of rotatable bonds is 2. The Morgan fingerprint density at radius 1 is 1.32 bits per heavy atom. The quantitative estimate of drug-likeness (QED) is 0.900. The van der Waals surface area contributed by atoms with Crippen LogP contribution in [0.4, 0.5) is 0 Å². The van der Waals surface area contributed by atoms with Crippen molar-refractivity contribution in [3.63, 3.8) is 0 Å². The van der Waals surface area contributed by atoms with Gasteiger partial charge >= 0.3 is 0 Å². The van der Waals surface area contributed by atoms with Gasteiger partial charge in [-0.05, 0) is 18.8 Å². The summed E-state index contributed by atoms with van der Waals surface area (Å²) in [5.41, 5.74) is 2.93. The number of H-pyrrole nitrogens is 1. The summed E-state index contributed by atoms with van der Waals surface area (Å²) in [7, 11) is 0. The molecule has 0 radical (unpaired) electrons. The van der Waals surface area contributed by atoms with Gasteiger partial charge in [0.2, 0.25) is 0 Å². The molecule has 1 fully saturated rings. The third-order valence-corrected chi connectivity index (χ3v) is 4.19. The van der Waals surface area contributed by atoms with E-state index in [0.717, 1.165) is 16.9 Å². The zero-order valence-electron chi connectivity index (χ0n) is 11.6. The average Bonchev–Trinajstić information content (AvgIpc) is 2.84. The lowest BCUT2D eigenvalue weighted by atomic mass is 9.87. The molecule has 0 atom stereocenters. The summed E-state index contributed by atoms with van der Waals surface area (Å²) in [6, 6.07) is 1.71. The molecule has 0 saturated heterocycles. The van der Waals surface area contributed by atoms with Crippen LogP contribution in [0.15, 0.2) is 17.1 Å². The van der Waals surface area contributed by atoms with E-state index in [4.69, 9.17) is 4.98 Å². The first-order valence-corrected chi connectivity index (χ1v) is 7.28. The van der Waals surface area contributed by atoms with Crippen molar-refractivity contribution in [3.05, 3.63) is 33.9 Å². The maximum Gasteiger partial charge on any atom is 0.272 e. The van der Waals surface area contributed by atoms with Gasteiger partial charge in [-0.15, -0.1) is 0 Å². The van der Waals surface area contributed by atoms with Gasteiger partial charge in [0.15, 0.2) is 5.65 Å². The Balaban J connectivity index is 2.11. The number of fused-ring (bicyclic) bond motifs is 1. The molecule has 1 saturated carbocycles. The first kappa shape index (κ1) is 12.5. The third-order valence-electron chi connectivity index (χ3n) is 4.19. The highest BCUT2D eigenvalue weighted by Gasteiger charge is 2.19. The number of hydrogen-bond acceptors (Lipinski definition) is 2. The van der Waals surface area contributed by atoms with Crippen molar-refractivity contribution in [2.24, 2.45) is 0 Å². The van der Waals surface area contributed by atoms with Crippen LogP contribution in [0.5, 0.6) is 0 Å². The van der Waals surface area contributed by atoms with E-state index >= 15 is 0 Å². The molecule has 2 heterocycles. The smallest absolute Gasteiger partial charge is 0.272 e. The van der Waals surface area contributed by atoms with Gasteiger partial charge < -0.3 is 0 Å². The van der Waals surface area contributed by atoms with Gasteiger partial charge in [-0.3, -0.25) is 9.89 Å². The van der Waals surface area contributed by atoms with Gasteiger partial charge in [-0.1, -0.05) is 33.1 Å². The monoisotopic (exact) mass is 259 g/mol. The molecule has 4 heteroatoms. The van der Waals surface area contributed by atoms with Gasteiger partial charge in [-0.2, -0.15) is 0 Å². The van der Waals surface area contributed by atoms with Crippen molar-refractivity contribution in [1.29, 1.82) is 0 Å². The van der Waals surface area contributed by atoms with E-state index in [1.807, 2.05) is 6.20 Å². The molecule has 1 aliphatic carbocycles. The molecular weight excluding hydrogens is 238 g/mol. The molecule has 0 unspecified atom stereocenters. The summed E-state index contributed by atoms with van der Waals surface area (Å²) < 4.78 is 1.56. The van der Waals surface area contributed by atoms with E-state index in [1.54, 1.807) is 10.6 Å². The topological polar surface area (TPSA) is 50.2 Å². The standard InChI is InChI=1S/C15H21N3O/c1-10(2)12-9-16-18-14(19)8-13(17-15(12)18)11-6-4-3-5-7-11/h8-11,16H,3-7H2,1-2H3. The van der Waals surface area contributed by atoms with E-state index < -0.39 is 0 Å². The van der Waals surface area contributed by atoms with Crippen LogP contribution in [-0.2, 0) is 0 Å². The lowest BCUT2D eigenvalue weighted by Crippen LogP contribution is -2.18. The molecule has 19 heavy (non-hydrogen) atoms. The zero-order chi connectivity index (χ0) is 13.4. The van der Waals surface area contributed by atoms with E-state index in [-0.39, 0.29) is 5.56 Å². The van der Waals surface area contributed by atoms with E-state index in [0.29, 0.717) is 11.8 Å². The molecule has 2 aromatic heterocycles. The fourth-order valence-electron chi connectivity index (χ4n) is 3.05. The highest BCUT2D eigenvalue weighted by molar-refractivity contribution is 5.48. The molecule has 2 aromatic rings. The molecular formula is C15H21N3O. The normalized spacial score (nSPS) is 17.4. The highest BCUT2D eigenvalue weighted by atomic mass is 16.1. The molecule has 0 aromatic carbocycles. The maximum atomic E-state index is 12.2. The lowest BCUT2D eigenvalue weighted by molar-refractivity contribution is 0.436. The van der Waals surface area contributed by atoms with Crippen LogP contribution in [0.3, 0.4) is 0 Å². The molecule has 4 nitrogen and oxygen atoms in total. The number of aromatic amines is 1. The summed E-state index contributed by atoms with van der Waals surface area (Å²) in [4.78, 5) is 16.9. The summed E-state index contributed by atoms with van der Waals surface area (Å²) in [6.07, 6.45) is 8.08. The molecule has 102 valence electrons. The summed E-state index contributed by atoms with van der Waals surface area (Å²) in [5, 5.41) is 3.01. The third kappa shape index (κ3) is 2.20. The molecule has 0 spiro atoms. The molecule has 1 N–H and O–H groups in total. The van der Waals surface area contributed by atoms with Crippen LogP contribution < -0.4 is 5.56 Å². The second kappa shape index (κ2) is 4.83. The van der Waals surface area contributed by atoms with Crippen molar-refractivity contribution in [1.82, 2.24) is 14.6 Å². The van der Waals surface area contributed by atoms with Crippen LogP contribution in [-0.4, -0.2) is 14.6 Å². The van der Waals surface area contributed by atoms with Gasteiger partial charge in [0.05, 0.1) is 5.69 Å². The Morgan fingerprint density at radius 3 is 2.74 bits per heavy atom. The van der Waals surface area contributed by atoms with Crippen LogP contribution >= 0.6 is 0 Å². The fraction of sp³-hybridized carbons (Fsp3) is 0.600. The molecule has 0 aliphatic heterocycles. The number of hydrogen-bond donors (Lipinski definition) is 1. The lowest BCUT2D eigenvalue weighted by Gasteiger charge is -2.20. The van der Waals surface area contributed by atoms with Crippen LogP contribution in [0.1, 0.15) is 69.0 Å². The van der Waals surface area contributed by atoms with Crippen molar-refractivity contribution >= 4 is 5.65 Å². The predicted molar refractivity (Wildman–Crippen MR) is 75.7 cm³/mol. The van der Waals surface area contributed by atoms with Crippen LogP contribution in [0.2, 0.25) is 0 Å². The van der Waals surface area contributed by atoms with Crippen LogP contribution in [0.25, 0.3) is 5.65 Å². The number of nitrogens with zero attached hydrogens (tertiary/aromatic N) is 2. The van der Waals surface area contributed by atoms with Crippen molar-refractivity contribution in [3.8, 4) is 0 Å². The molecule has 0 amide bonds. The Labute approximate surface area is 112 Å². The average molecular weight is 259 g/mol. The molecule has 3 rings (SSSR count). The maximum absolute atomic E-state index is 12.2. The minimum Gasteiger partial charge on any atom is -0.297 e. The minimum absolute atomic E-state index is 0.0115. The van der Waals surface area contributed by atoms with E-state index in [1.165, 1.54) is 32.1 Å². The minimum atomic E-state index is 0.0115. The Hall–Kier alpha value is -1.58. The van der Waals surface area contributed by atoms with Gasteiger partial charge in [-0.25, -0.2) is 9.50 Å². The van der Waals surface area contributed by atoms with Gasteiger partial charge in [0.25, 0.3) is 5.56 Å². The van der Waals surface area contributed by atoms with E-state index in [2.05, 4.69) is 18.9 Å². The van der Waals surface area contributed by atoms with Crippen molar-refractivity contribution < 1.29 is 0 Å². The Bertz CT molecular complexity index is 632. The second-order valence-electron chi connectivity index (χ2n) is 5.90. The van der Waals surface area contributed by atoms with Crippen molar-refractivity contribution in [2.45, 2.75) is 57.8 Å². The Morgan fingerprint density at radius 2 is 2.05 bits per heavy atom. The second-order valence-corrected chi connectivity index (χ2v) is 5.90. The number of aromatic nitrogens is 3. The predicted octanol–water partition coefficient (Wildman–Crippen LogP) is 3.19. The molecule has 1 aliphatic rings. The summed E-state index contributed by atoms with van der Waals surface area (Å²) >= 11 is 0. The van der Waals surface area contributed by atoms with Crippen molar-refractivity contribution in [2.75, 3.05) is 0 Å².